The summed E-state index contributed by atoms with van der Waals surface area (Å²) in [7, 11) is 0. The Morgan fingerprint density at radius 3 is 2.77 bits per heavy atom. The van der Waals surface area contributed by atoms with Gasteiger partial charge in [-0.3, -0.25) is 0 Å². The van der Waals surface area contributed by atoms with Gasteiger partial charge in [0.05, 0.1) is 3.79 Å². The standard InChI is InChI=1S/C10H14BrNS/c11-10-2-1-9(13-10)7-8-3-5-12-6-4-8/h1-2,8,12H,3-7H2. The second-order valence-corrected chi connectivity index (χ2v) is 6.15. The molecule has 3 heteroatoms. The summed E-state index contributed by atoms with van der Waals surface area (Å²) in [5, 5.41) is 3.40. The van der Waals surface area contributed by atoms with E-state index in [2.05, 4.69) is 33.4 Å². The average molecular weight is 260 g/mol. The van der Waals surface area contributed by atoms with Crippen molar-refractivity contribution in [2.75, 3.05) is 13.1 Å². The zero-order valence-corrected chi connectivity index (χ0v) is 9.96. The first-order valence-electron chi connectivity index (χ1n) is 4.79. The fourth-order valence-electron chi connectivity index (χ4n) is 1.83. The van der Waals surface area contributed by atoms with Crippen LogP contribution in [0.1, 0.15) is 17.7 Å². The van der Waals surface area contributed by atoms with Crippen LogP contribution in [0.2, 0.25) is 0 Å². The Hall–Kier alpha value is 0.140. The molecule has 1 saturated heterocycles. The Morgan fingerprint density at radius 2 is 2.15 bits per heavy atom. The van der Waals surface area contributed by atoms with E-state index in [0.29, 0.717) is 0 Å². The predicted octanol–water partition coefficient (Wildman–Crippen LogP) is 3.05. The van der Waals surface area contributed by atoms with Gasteiger partial charge in [-0.15, -0.1) is 11.3 Å². The molecular weight excluding hydrogens is 246 g/mol. The van der Waals surface area contributed by atoms with E-state index in [9.17, 15) is 0 Å². The summed E-state index contributed by atoms with van der Waals surface area (Å²) in [5.74, 6) is 0.909. The Bertz CT molecular complexity index is 266. The van der Waals surface area contributed by atoms with Gasteiger partial charge in [-0.25, -0.2) is 0 Å². The molecule has 0 unspecified atom stereocenters. The molecule has 0 spiro atoms. The van der Waals surface area contributed by atoms with Crippen LogP contribution in [-0.4, -0.2) is 13.1 Å². The van der Waals surface area contributed by atoms with Gasteiger partial charge in [0.25, 0.3) is 0 Å². The van der Waals surface area contributed by atoms with Crippen molar-refractivity contribution in [3.8, 4) is 0 Å². The highest BCUT2D eigenvalue weighted by molar-refractivity contribution is 9.11. The highest BCUT2D eigenvalue weighted by atomic mass is 79.9. The molecule has 2 heterocycles. The third-order valence-corrected chi connectivity index (χ3v) is 4.22. The van der Waals surface area contributed by atoms with Gasteiger partial charge in [0.2, 0.25) is 0 Å². The second-order valence-electron chi connectivity index (χ2n) is 3.60. The Labute approximate surface area is 91.7 Å². The lowest BCUT2D eigenvalue weighted by atomic mass is 9.94. The van der Waals surface area contributed by atoms with Gasteiger partial charge < -0.3 is 5.32 Å². The minimum Gasteiger partial charge on any atom is -0.317 e. The molecule has 1 nitrogen and oxygen atoms in total. The third-order valence-electron chi connectivity index (χ3n) is 2.58. The van der Waals surface area contributed by atoms with E-state index in [1.165, 1.54) is 41.0 Å². The van der Waals surface area contributed by atoms with Crippen LogP contribution in [-0.2, 0) is 6.42 Å². The van der Waals surface area contributed by atoms with Crippen molar-refractivity contribution in [1.82, 2.24) is 5.32 Å². The van der Waals surface area contributed by atoms with Crippen LogP contribution in [0.4, 0.5) is 0 Å². The molecular formula is C10H14BrNS. The zero-order chi connectivity index (χ0) is 9.10. The van der Waals surface area contributed by atoms with Crippen molar-refractivity contribution >= 4 is 27.3 Å². The predicted molar refractivity (Wildman–Crippen MR) is 61.3 cm³/mol. The minimum absolute atomic E-state index is 0.909. The number of hydrogen-bond acceptors (Lipinski definition) is 2. The first-order valence-corrected chi connectivity index (χ1v) is 6.40. The Balaban J connectivity index is 1.89. The number of thiophene rings is 1. The van der Waals surface area contributed by atoms with Crippen LogP contribution >= 0.6 is 27.3 Å². The van der Waals surface area contributed by atoms with Crippen molar-refractivity contribution in [1.29, 1.82) is 0 Å². The maximum Gasteiger partial charge on any atom is 0.0701 e. The molecule has 13 heavy (non-hydrogen) atoms. The summed E-state index contributed by atoms with van der Waals surface area (Å²) in [6, 6.07) is 4.40. The molecule has 0 amide bonds. The number of nitrogens with one attached hydrogen (secondary N) is 1. The van der Waals surface area contributed by atoms with E-state index in [1.807, 2.05) is 11.3 Å². The van der Waals surface area contributed by atoms with Gasteiger partial charge in [-0.1, -0.05) is 0 Å². The fourth-order valence-corrected chi connectivity index (χ4v) is 3.43. The van der Waals surface area contributed by atoms with Gasteiger partial charge in [-0.2, -0.15) is 0 Å². The summed E-state index contributed by atoms with van der Waals surface area (Å²) >= 11 is 5.38. The van der Waals surface area contributed by atoms with E-state index >= 15 is 0 Å². The van der Waals surface area contributed by atoms with E-state index in [4.69, 9.17) is 0 Å². The highest BCUT2D eigenvalue weighted by Crippen LogP contribution is 2.26. The average Bonchev–Trinajstić information content (AvgIpc) is 2.53. The lowest BCUT2D eigenvalue weighted by Gasteiger charge is -2.21. The molecule has 0 aliphatic carbocycles. The molecule has 0 saturated carbocycles. The Kier molecular flexibility index (Phi) is 3.41. The molecule has 1 aliphatic rings. The molecule has 0 atom stereocenters. The largest absolute Gasteiger partial charge is 0.317 e. The monoisotopic (exact) mass is 259 g/mol. The van der Waals surface area contributed by atoms with Gasteiger partial charge in [0.1, 0.15) is 0 Å². The molecule has 1 aliphatic heterocycles. The molecule has 0 aromatic carbocycles. The van der Waals surface area contributed by atoms with E-state index in [1.54, 1.807) is 0 Å². The summed E-state index contributed by atoms with van der Waals surface area (Å²) in [6.07, 6.45) is 3.96. The molecule has 2 rings (SSSR count). The topological polar surface area (TPSA) is 12.0 Å². The second kappa shape index (κ2) is 4.58. The Morgan fingerprint density at radius 1 is 1.38 bits per heavy atom. The van der Waals surface area contributed by atoms with E-state index < -0.39 is 0 Å². The van der Waals surface area contributed by atoms with Gasteiger partial charge in [0.15, 0.2) is 0 Å². The number of halogens is 1. The maximum absolute atomic E-state index is 3.50. The smallest absolute Gasteiger partial charge is 0.0701 e. The molecule has 1 aromatic rings. The van der Waals surface area contributed by atoms with E-state index in [-0.39, 0.29) is 0 Å². The van der Waals surface area contributed by atoms with Crippen molar-refractivity contribution in [2.24, 2.45) is 5.92 Å². The van der Waals surface area contributed by atoms with Crippen molar-refractivity contribution in [2.45, 2.75) is 19.3 Å². The first kappa shape index (κ1) is 9.69. The van der Waals surface area contributed by atoms with Crippen LogP contribution in [0.5, 0.6) is 0 Å². The SMILES string of the molecule is Brc1ccc(CC2CCNCC2)s1. The highest BCUT2D eigenvalue weighted by Gasteiger charge is 2.13. The normalized spacial score (nSPS) is 19.2. The van der Waals surface area contributed by atoms with E-state index in [0.717, 1.165) is 5.92 Å². The summed E-state index contributed by atoms with van der Waals surface area (Å²) in [6.45, 7) is 2.41. The molecule has 0 radical (unpaired) electrons. The number of piperidine rings is 1. The van der Waals surface area contributed by atoms with Gasteiger partial charge >= 0.3 is 0 Å². The van der Waals surface area contributed by atoms with Crippen LogP contribution in [0.3, 0.4) is 0 Å². The number of rotatable bonds is 2. The van der Waals surface area contributed by atoms with Crippen molar-refractivity contribution < 1.29 is 0 Å². The van der Waals surface area contributed by atoms with Crippen LogP contribution < -0.4 is 5.32 Å². The minimum atomic E-state index is 0.909. The fraction of sp³-hybridized carbons (Fsp3) is 0.600. The summed E-state index contributed by atoms with van der Waals surface area (Å²) in [5.41, 5.74) is 0. The van der Waals surface area contributed by atoms with Crippen molar-refractivity contribution in [3.63, 3.8) is 0 Å². The lowest BCUT2D eigenvalue weighted by Crippen LogP contribution is -2.28. The summed E-state index contributed by atoms with van der Waals surface area (Å²) < 4.78 is 1.26. The molecule has 1 aromatic heterocycles. The third kappa shape index (κ3) is 2.79. The summed E-state index contributed by atoms with van der Waals surface area (Å²) in [4.78, 5) is 1.53. The maximum atomic E-state index is 3.50. The van der Waals surface area contributed by atoms with Crippen LogP contribution in [0.25, 0.3) is 0 Å². The number of hydrogen-bond donors (Lipinski definition) is 1. The van der Waals surface area contributed by atoms with Crippen LogP contribution in [0.15, 0.2) is 15.9 Å². The van der Waals surface area contributed by atoms with Crippen molar-refractivity contribution in [3.05, 3.63) is 20.8 Å². The first-order chi connectivity index (χ1) is 6.34. The van der Waals surface area contributed by atoms with Gasteiger partial charge in [-0.05, 0) is 66.3 Å². The lowest BCUT2D eigenvalue weighted by molar-refractivity contribution is 0.374. The van der Waals surface area contributed by atoms with Gasteiger partial charge in [0, 0.05) is 4.88 Å². The molecule has 72 valence electrons. The quantitative estimate of drug-likeness (QED) is 0.861. The molecule has 1 fully saturated rings. The zero-order valence-electron chi connectivity index (χ0n) is 7.55. The van der Waals surface area contributed by atoms with Crippen LogP contribution in [0, 0.1) is 5.92 Å². The molecule has 0 bridgehead atoms. The molecule has 1 N–H and O–H groups in total.